The van der Waals surface area contributed by atoms with Gasteiger partial charge in [-0.25, -0.2) is 0 Å². The molecule has 2 aromatic rings. The minimum Gasteiger partial charge on any atom is -0.489 e. The third kappa shape index (κ3) is 3.41. The van der Waals surface area contributed by atoms with Gasteiger partial charge in [-0.2, -0.15) is 0 Å². The number of rotatable bonds is 5. The number of imide groups is 1. The van der Waals surface area contributed by atoms with E-state index in [1.165, 1.54) is 12.1 Å². The van der Waals surface area contributed by atoms with Crippen LogP contribution in [0.1, 0.15) is 34.6 Å². The second kappa shape index (κ2) is 7.17. The average Bonchev–Trinajstić information content (AvgIpc) is 2.82. The summed E-state index contributed by atoms with van der Waals surface area (Å²) >= 11 is 6.01. The monoisotopic (exact) mass is 372 g/mol. The number of amides is 3. The number of halogens is 1. The first kappa shape index (κ1) is 17.9. The van der Waals surface area contributed by atoms with Gasteiger partial charge in [-0.3, -0.25) is 19.3 Å². The molecule has 1 heterocycles. The van der Waals surface area contributed by atoms with Crippen LogP contribution in [0.5, 0.6) is 5.75 Å². The average molecular weight is 373 g/mol. The van der Waals surface area contributed by atoms with E-state index in [1.54, 1.807) is 30.3 Å². The molecule has 0 fully saturated rings. The maximum Gasteiger partial charge on any atom is 0.263 e. The van der Waals surface area contributed by atoms with Crippen LogP contribution in [0.2, 0.25) is 5.02 Å². The van der Waals surface area contributed by atoms with Crippen LogP contribution in [0.4, 0.5) is 5.69 Å². The third-order valence-electron chi connectivity index (χ3n) is 3.77. The summed E-state index contributed by atoms with van der Waals surface area (Å²) < 4.78 is 5.65. The molecule has 0 unspecified atom stereocenters. The highest BCUT2D eigenvalue weighted by atomic mass is 35.5. The Bertz CT molecular complexity index is 895. The van der Waals surface area contributed by atoms with Crippen LogP contribution in [0.25, 0.3) is 0 Å². The van der Waals surface area contributed by atoms with Gasteiger partial charge < -0.3 is 10.1 Å². The molecule has 1 N–H and O–H groups in total. The smallest absolute Gasteiger partial charge is 0.263 e. The summed E-state index contributed by atoms with van der Waals surface area (Å²) in [7, 11) is 0. The summed E-state index contributed by atoms with van der Waals surface area (Å²) in [6, 6.07) is 11.6. The van der Waals surface area contributed by atoms with Crippen molar-refractivity contribution >= 4 is 35.0 Å². The molecule has 0 aliphatic carbocycles. The fourth-order valence-corrected chi connectivity index (χ4v) is 2.95. The Morgan fingerprint density at radius 1 is 1.12 bits per heavy atom. The van der Waals surface area contributed by atoms with E-state index in [0.717, 1.165) is 4.90 Å². The van der Waals surface area contributed by atoms with E-state index >= 15 is 0 Å². The predicted molar refractivity (Wildman–Crippen MR) is 97.7 cm³/mol. The molecule has 0 bridgehead atoms. The minimum absolute atomic E-state index is 0.0635. The number of hydrogen-bond donors (Lipinski definition) is 1. The molecule has 0 saturated heterocycles. The summed E-state index contributed by atoms with van der Waals surface area (Å²) in [6.07, 6.45) is -0.0635. The standard InChI is InChI=1S/C19H17ClN2O4/c1-11(2)26-15-9-4-3-8-14(15)21-16(23)10-22-18(24)12-6-5-7-13(20)17(12)19(22)25/h3-9,11H,10H2,1-2H3,(H,21,23). The van der Waals surface area contributed by atoms with Crippen molar-refractivity contribution in [3.05, 3.63) is 58.6 Å². The molecule has 0 atom stereocenters. The van der Waals surface area contributed by atoms with Gasteiger partial charge in [0.15, 0.2) is 0 Å². The van der Waals surface area contributed by atoms with Gasteiger partial charge >= 0.3 is 0 Å². The fraction of sp³-hybridized carbons (Fsp3) is 0.211. The van der Waals surface area contributed by atoms with Crippen LogP contribution in [0.15, 0.2) is 42.5 Å². The zero-order valence-corrected chi connectivity index (χ0v) is 15.0. The summed E-state index contributed by atoms with van der Waals surface area (Å²) in [4.78, 5) is 38.1. The van der Waals surface area contributed by atoms with Crippen LogP contribution >= 0.6 is 11.6 Å². The molecule has 134 valence electrons. The Labute approximate surface area is 155 Å². The molecule has 7 heteroatoms. The Kier molecular flexibility index (Phi) is 4.95. The van der Waals surface area contributed by atoms with E-state index in [9.17, 15) is 14.4 Å². The Morgan fingerprint density at radius 3 is 2.54 bits per heavy atom. The van der Waals surface area contributed by atoms with Crippen LogP contribution in [-0.4, -0.2) is 35.3 Å². The normalized spacial score (nSPS) is 13.2. The lowest BCUT2D eigenvalue weighted by atomic mass is 10.1. The predicted octanol–water partition coefficient (Wildman–Crippen LogP) is 3.36. The van der Waals surface area contributed by atoms with Crippen molar-refractivity contribution in [3.63, 3.8) is 0 Å². The largest absolute Gasteiger partial charge is 0.489 e. The number of benzene rings is 2. The molecule has 1 aliphatic heterocycles. The number of nitrogens with zero attached hydrogens (tertiary/aromatic N) is 1. The minimum atomic E-state index is -0.572. The van der Waals surface area contributed by atoms with Gasteiger partial charge in [0.05, 0.1) is 27.9 Å². The van der Waals surface area contributed by atoms with E-state index in [-0.39, 0.29) is 22.3 Å². The van der Waals surface area contributed by atoms with Gasteiger partial charge in [-0.15, -0.1) is 0 Å². The van der Waals surface area contributed by atoms with E-state index < -0.39 is 24.3 Å². The Morgan fingerprint density at radius 2 is 1.85 bits per heavy atom. The van der Waals surface area contributed by atoms with Crippen LogP contribution in [-0.2, 0) is 4.79 Å². The van der Waals surface area contributed by atoms with E-state index in [1.807, 2.05) is 13.8 Å². The van der Waals surface area contributed by atoms with Gasteiger partial charge in [0.2, 0.25) is 5.91 Å². The number of anilines is 1. The molecule has 3 amide bonds. The topological polar surface area (TPSA) is 75.7 Å². The maximum absolute atomic E-state index is 12.4. The van der Waals surface area contributed by atoms with Crippen molar-refractivity contribution < 1.29 is 19.1 Å². The molecule has 0 aromatic heterocycles. The SMILES string of the molecule is CC(C)Oc1ccccc1NC(=O)CN1C(=O)c2cccc(Cl)c2C1=O. The molecule has 0 spiro atoms. The van der Waals surface area contributed by atoms with Gasteiger partial charge in [0, 0.05) is 0 Å². The summed E-state index contributed by atoms with van der Waals surface area (Å²) in [5.74, 6) is -1.09. The lowest BCUT2D eigenvalue weighted by Crippen LogP contribution is -2.37. The molecular formula is C19H17ClN2O4. The van der Waals surface area contributed by atoms with Crippen molar-refractivity contribution in [1.29, 1.82) is 0 Å². The highest BCUT2D eigenvalue weighted by Gasteiger charge is 2.38. The molecule has 26 heavy (non-hydrogen) atoms. The van der Waals surface area contributed by atoms with Crippen LogP contribution < -0.4 is 10.1 Å². The summed E-state index contributed by atoms with van der Waals surface area (Å²) in [5, 5.41) is 2.88. The van der Waals surface area contributed by atoms with Crippen molar-refractivity contribution in [2.75, 3.05) is 11.9 Å². The van der Waals surface area contributed by atoms with Gasteiger partial charge in [0.1, 0.15) is 12.3 Å². The van der Waals surface area contributed by atoms with Crippen molar-refractivity contribution in [3.8, 4) is 5.75 Å². The number of para-hydroxylation sites is 2. The third-order valence-corrected chi connectivity index (χ3v) is 4.09. The summed E-state index contributed by atoms with van der Waals surface area (Å²) in [6.45, 7) is 3.35. The van der Waals surface area contributed by atoms with Crippen LogP contribution in [0, 0.1) is 0 Å². The quantitative estimate of drug-likeness (QED) is 0.816. The van der Waals surface area contributed by atoms with Gasteiger partial charge in [-0.05, 0) is 38.1 Å². The highest BCUT2D eigenvalue weighted by Crippen LogP contribution is 2.29. The van der Waals surface area contributed by atoms with Crippen molar-refractivity contribution in [2.45, 2.75) is 20.0 Å². The van der Waals surface area contributed by atoms with Crippen LogP contribution in [0.3, 0.4) is 0 Å². The second-order valence-electron chi connectivity index (χ2n) is 6.07. The number of fused-ring (bicyclic) bond motifs is 1. The van der Waals surface area contributed by atoms with Crippen molar-refractivity contribution in [2.24, 2.45) is 0 Å². The zero-order chi connectivity index (χ0) is 18.8. The van der Waals surface area contributed by atoms with Gasteiger partial charge in [-0.1, -0.05) is 29.8 Å². The number of hydrogen-bond acceptors (Lipinski definition) is 4. The molecule has 1 aliphatic rings. The summed E-state index contributed by atoms with van der Waals surface area (Å²) in [5.41, 5.74) is 0.815. The lowest BCUT2D eigenvalue weighted by Gasteiger charge is -2.17. The van der Waals surface area contributed by atoms with Crippen molar-refractivity contribution in [1.82, 2.24) is 4.90 Å². The molecular weight excluding hydrogens is 356 g/mol. The molecule has 0 radical (unpaired) electrons. The molecule has 3 rings (SSSR count). The first-order chi connectivity index (χ1) is 12.4. The maximum atomic E-state index is 12.4. The molecule has 6 nitrogen and oxygen atoms in total. The Balaban J connectivity index is 1.75. The highest BCUT2D eigenvalue weighted by molar-refractivity contribution is 6.37. The number of nitrogens with one attached hydrogen (secondary N) is 1. The fourth-order valence-electron chi connectivity index (χ4n) is 2.70. The first-order valence-electron chi connectivity index (χ1n) is 8.08. The molecule has 2 aromatic carbocycles. The lowest BCUT2D eigenvalue weighted by molar-refractivity contribution is -0.116. The van der Waals surface area contributed by atoms with E-state index in [0.29, 0.717) is 11.4 Å². The van der Waals surface area contributed by atoms with Gasteiger partial charge in [0.25, 0.3) is 11.8 Å². The number of carbonyl (C=O) groups excluding carboxylic acids is 3. The zero-order valence-electron chi connectivity index (χ0n) is 14.3. The molecule has 0 saturated carbocycles. The second-order valence-corrected chi connectivity index (χ2v) is 6.48. The van der Waals surface area contributed by atoms with E-state index in [2.05, 4.69) is 5.32 Å². The Hall–Kier alpha value is -2.86. The number of carbonyl (C=O) groups is 3. The first-order valence-corrected chi connectivity index (χ1v) is 8.46. The number of ether oxygens (including phenoxy) is 1. The van der Waals surface area contributed by atoms with E-state index in [4.69, 9.17) is 16.3 Å².